The predicted molar refractivity (Wildman–Crippen MR) is 54.4 cm³/mol. The average molecular weight is 208 g/mol. The summed E-state index contributed by atoms with van der Waals surface area (Å²) >= 11 is 1.67. The highest BCUT2D eigenvalue weighted by atomic mass is 32.1. The predicted octanol–water partition coefficient (Wildman–Crippen LogP) is 1.90. The lowest BCUT2D eigenvalue weighted by atomic mass is 9.97. The standard InChI is InChI=1S/C11H12O2S/c12-10(4-9-2-1-3-14-9)11-5-8(11)6-13-7-11/h1-3,8H,4-7H2. The molecule has 0 spiro atoms. The normalized spacial score (nSPS) is 34.1. The molecule has 2 nitrogen and oxygen atoms in total. The fraction of sp³-hybridized carbons (Fsp3) is 0.545. The molecule has 1 aromatic heterocycles. The van der Waals surface area contributed by atoms with Gasteiger partial charge in [0.2, 0.25) is 0 Å². The zero-order valence-electron chi connectivity index (χ0n) is 7.86. The summed E-state index contributed by atoms with van der Waals surface area (Å²) in [5.74, 6) is 0.928. The van der Waals surface area contributed by atoms with Gasteiger partial charge >= 0.3 is 0 Å². The second kappa shape index (κ2) is 2.91. The number of fused-ring (bicyclic) bond motifs is 1. The van der Waals surface area contributed by atoms with E-state index in [9.17, 15) is 4.79 Å². The molecule has 0 amide bonds. The van der Waals surface area contributed by atoms with Crippen molar-refractivity contribution in [3.8, 4) is 0 Å². The van der Waals surface area contributed by atoms with Gasteiger partial charge in [-0.1, -0.05) is 6.07 Å². The van der Waals surface area contributed by atoms with Crippen molar-refractivity contribution >= 4 is 17.1 Å². The maximum absolute atomic E-state index is 12.0. The SMILES string of the molecule is O=C(Cc1cccs1)C12COCC1C2. The third kappa shape index (κ3) is 1.16. The third-order valence-corrected chi connectivity index (χ3v) is 4.26. The Kier molecular flexibility index (Phi) is 1.79. The molecule has 2 unspecified atom stereocenters. The van der Waals surface area contributed by atoms with Gasteiger partial charge in [-0.3, -0.25) is 4.79 Å². The molecular formula is C11H12O2S. The first kappa shape index (κ1) is 8.62. The number of ether oxygens (including phenoxy) is 1. The molecule has 1 aliphatic carbocycles. The molecule has 0 radical (unpaired) electrons. The highest BCUT2D eigenvalue weighted by molar-refractivity contribution is 7.10. The average Bonchev–Trinajstić information content (AvgIpc) is 2.62. The quantitative estimate of drug-likeness (QED) is 0.758. The van der Waals surface area contributed by atoms with Crippen molar-refractivity contribution < 1.29 is 9.53 Å². The Hall–Kier alpha value is -0.670. The van der Waals surface area contributed by atoms with Gasteiger partial charge in [-0.25, -0.2) is 0 Å². The van der Waals surface area contributed by atoms with E-state index in [0.717, 1.165) is 13.0 Å². The number of Topliss-reactive ketones (excluding diaryl/α,β-unsaturated/α-hetero) is 1. The van der Waals surface area contributed by atoms with Gasteiger partial charge in [-0.15, -0.1) is 11.3 Å². The lowest BCUT2D eigenvalue weighted by molar-refractivity contribution is -0.124. The van der Waals surface area contributed by atoms with Crippen LogP contribution in [0.15, 0.2) is 17.5 Å². The van der Waals surface area contributed by atoms with Crippen LogP contribution in [0.25, 0.3) is 0 Å². The van der Waals surface area contributed by atoms with E-state index in [1.807, 2.05) is 17.5 Å². The van der Waals surface area contributed by atoms with Crippen molar-refractivity contribution in [2.24, 2.45) is 11.3 Å². The molecule has 2 aliphatic rings. The van der Waals surface area contributed by atoms with Gasteiger partial charge in [0.05, 0.1) is 18.6 Å². The smallest absolute Gasteiger partial charge is 0.146 e. The molecule has 0 bridgehead atoms. The molecule has 2 atom stereocenters. The fourth-order valence-corrected chi connectivity index (χ4v) is 3.03. The molecule has 2 heterocycles. The number of carbonyl (C=O) groups is 1. The summed E-state index contributed by atoms with van der Waals surface area (Å²) in [6, 6.07) is 4.03. The van der Waals surface area contributed by atoms with Crippen LogP contribution in [0, 0.1) is 11.3 Å². The number of rotatable bonds is 3. The number of carbonyl (C=O) groups excluding carboxylic acids is 1. The van der Waals surface area contributed by atoms with Crippen molar-refractivity contribution in [1.29, 1.82) is 0 Å². The third-order valence-electron chi connectivity index (χ3n) is 3.38. The Balaban J connectivity index is 1.72. The molecule has 0 aromatic carbocycles. The highest BCUT2D eigenvalue weighted by Crippen LogP contribution is 2.57. The lowest BCUT2D eigenvalue weighted by Crippen LogP contribution is -2.21. The number of hydrogen-bond acceptors (Lipinski definition) is 3. The van der Waals surface area contributed by atoms with Crippen LogP contribution in [0.1, 0.15) is 11.3 Å². The number of ketones is 1. The number of thiophene rings is 1. The van der Waals surface area contributed by atoms with Gasteiger partial charge in [0.1, 0.15) is 5.78 Å². The zero-order valence-corrected chi connectivity index (χ0v) is 8.68. The molecule has 0 N–H and O–H groups in total. The van der Waals surface area contributed by atoms with E-state index >= 15 is 0 Å². The Labute approximate surface area is 86.9 Å². The van der Waals surface area contributed by atoms with Crippen LogP contribution in [-0.4, -0.2) is 19.0 Å². The molecule has 1 aromatic rings. The Bertz CT molecular complexity index is 357. The van der Waals surface area contributed by atoms with Crippen LogP contribution >= 0.6 is 11.3 Å². The maximum Gasteiger partial charge on any atom is 0.146 e. The van der Waals surface area contributed by atoms with Crippen molar-refractivity contribution in [3.63, 3.8) is 0 Å². The van der Waals surface area contributed by atoms with Crippen molar-refractivity contribution in [2.45, 2.75) is 12.8 Å². The van der Waals surface area contributed by atoms with Crippen LogP contribution < -0.4 is 0 Å². The monoisotopic (exact) mass is 208 g/mol. The Morgan fingerprint density at radius 3 is 3.21 bits per heavy atom. The molecule has 3 heteroatoms. The first-order valence-corrected chi connectivity index (χ1v) is 5.83. The Morgan fingerprint density at radius 1 is 1.71 bits per heavy atom. The minimum absolute atomic E-state index is 0.0655. The summed E-state index contributed by atoms with van der Waals surface area (Å²) in [5.41, 5.74) is -0.0655. The van der Waals surface area contributed by atoms with Crippen molar-refractivity contribution in [1.82, 2.24) is 0 Å². The van der Waals surface area contributed by atoms with E-state index in [1.54, 1.807) is 11.3 Å². The van der Waals surface area contributed by atoms with Gasteiger partial charge in [-0.05, 0) is 23.8 Å². The molecule has 1 saturated heterocycles. The van der Waals surface area contributed by atoms with Crippen molar-refractivity contribution in [2.75, 3.05) is 13.2 Å². The molecule has 1 saturated carbocycles. The first-order chi connectivity index (χ1) is 6.81. The molecular weight excluding hydrogens is 196 g/mol. The maximum atomic E-state index is 12.0. The van der Waals surface area contributed by atoms with Gasteiger partial charge in [0.15, 0.2) is 0 Å². The zero-order chi connectivity index (χ0) is 9.60. The summed E-state index contributed by atoms with van der Waals surface area (Å²) < 4.78 is 5.33. The summed E-state index contributed by atoms with van der Waals surface area (Å²) in [4.78, 5) is 13.2. The van der Waals surface area contributed by atoms with Crippen LogP contribution in [0.5, 0.6) is 0 Å². The van der Waals surface area contributed by atoms with Crippen LogP contribution in [-0.2, 0) is 16.0 Å². The molecule has 2 fully saturated rings. The molecule has 74 valence electrons. The topological polar surface area (TPSA) is 26.3 Å². The van der Waals surface area contributed by atoms with E-state index in [0.29, 0.717) is 24.7 Å². The van der Waals surface area contributed by atoms with Crippen molar-refractivity contribution in [3.05, 3.63) is 22.4 Å². The van der Waals surface area contributed by atoms with Gasteiger partial charge < -0.3 is 4.74 Å². The van der Waals surface area contributed by atoms with Crippen LogP contribution in [0.4, 0.5) is 0 Å². The second-order valence-corrected chi connectivity index (χ2v) is 5.28. The minimum atomic E-state index is -0.0655. The Morgan fingerprint density at radius 2 is 2.64 bits per heavy atom. The van der Waals surface area contributed by atoms with Gasteiger partial charge in [0, 0.05) is 11.3 Å². The van der Waals surface area contributed by atoms with E-state index in [-0.39, 0.29) is 5.41 Å². The number of hydrogen-bond donors (Lipinski definition) is 0. The van der Waals surface area contributed by atoms with E-state index < -0.39 is 0 Å². The highest BCUT2D eigenvalue weighted by Gasteiger charge is 2.62. The van der Waals surface area contributed by atoms with E-state index in [2.05, 4.69) is 0 Å². The second-order valence-electron chi connectivity index (χ2n) is 4.25. The minimum Gasteiger partial charge on any atom is -0.380 e. The summed E-state index contributed by atoms with van der Waals surface area (Å²) in [5, 5.41) is 2.02. The van der Waals surface area contributed by atoms with Crippen LogP contribution in [0.2, 0.25) is 0 Å². The van der Waals surface area contributed by atoms with Crippen LogP contribution in [0.3, 0.4) is 0 Å². The largest absolute Gasteiger partial charge is 0.380 e. The molecule has 14 heavy (non-hydrogen) atoms. The summed E-state index contributed by atoms with van der Waals surface area (Å²) in [7, 11) is 0. The summed E-state index contributed by atoms with van der Waals surface area (Å²) in [6.07, 6.45) is 1.68. The molecule has 3 rings (SSSR count). The van der Waals surface area contributed by atoms with Gasteiger partial charge in [0.25, 0.3) is 0 Å². The van der Waals surface area contributed by atoms with Gasteiger partial charge in [-0.2, -0.15) is 0 Å². The lowest BCUT2D eigenvalue weighted by Gasteiger charge is -2.07. The first-order valence-electron chi connectivity index (χ1n) is 4.95. The molecule has 1 aliphatic heterocycles. The fourth-order valence-electron chi connectivity index (χ4n) is 2.33. The van der Waals surface area contributed by atoms with E-state index in [4.69, 9.17) is 4.74 Å². The van der Waals surface area contributed by atoms with E-state index in [1.165, 1.54) is 4.88 Å². The summed E-state index contributed by atoms with van der Waals surface area (Å²) in [6.45, 7) is 1.47.